The predicted molar refractivity (Wildman–Crippen MR) is 85.0 cm³/mol. The minimum absolute atomic E-state index is 0.248. The summed E-state index contributed by atoms with van der Waals surface area (Å²) in [5.41, 5.74) is 6.36. The van der Waals surface area contributed by atoms with E-state index in [0.29, 0.717) is 0 Å². The van der Waals surface area contributed by atoms with Gasteiger partial charge in [0.05, 0.1) is 5.25 Å². The molecule has 0 fully saturated rings. The zero-order chi connectivity index (χ0) is 15.4. The normalized spacial score (nSPS) is 13.9. The Morgan fingerprint density at radius 3 is 2.52 bits per heavy atom. The maximum absolute atomic E-state index is 11.3. The number of hydrogen-bond donors (Lipinski definition) is 1. The van der Waals surface area contributed by atoms with Crippen molar-refractivity contribution in [1.29, 1.82) is 0 Å². The molecule has 1 amide bonds. The Bertz CT molecular complexity index is 611. The predicted octanol–water partition coefficient (Wildman–Crippen LogP) is 2.88. The van der Waals surface area contributed by atoms with E-state index in [1.54, 1.807) is 6.92 Å². The van der Waals surface area contributed by atoms with Crippen molar-refractivity contribution in [2.24, 2.45) is 5.73 Å². The van der Waals surface area contributed by atoms with Crippen molar-refractivity contribution in [2.45, 2.75) is 43.6 Å². The third-order valence-corrected chi connectivity index (χ3v) is 4.49. The number of carbonyl (C=O) groups is 1. The number of hydrogen-bond acceptors (Lipinski definition) is 4. The maximum atomic E-state index is 11.3. The summed E-state index contributed by atoms with van der Waals surface area (Å²) in [6.07, 6.45) is 0.955. The van der Waals surface area contributed by atoms with Gasteiger partial charge in [0, 0.05) is 11.6 Å². The van der Waals surface area contributed by atoms with Gasteiger partial charge in [-0.25, -0.2) is 0 Å². The van der Waals surface area contributed by atoms with Crippen LogP contribution in [0.5, 0.6) is 0 Å². The van der Waals surface area contributed by atoms with Crippen LogP contribution in [-0.4, -0.2) is 25.9 Å². The van der Waals surface area contributed by atoms with Crippen molar-refractivity contribution >= 4 is 17.7 Å². The zero-order valence-electron chi connectivity index (χ0n) is 12.5. The standard InChI is InChI=1S/C15H20N4OS/c1-4-10(2)19-14(12-8-6-5-7-9-12)17-18-15(19)21-11(3)13(16)20/h5-11H,4H2,1-3H3,(H2,16,20). The van der Waals surface area contributed by atoms with Gasteiger partial charge in [0.2, 0.25) is 5.91 Å². The number of carbonyl (C=O) groups excluding carboxylic acids is 1. The molecule has 1 heterocycles. The second-order valence-corrected chi connectivity index (χ2v) is 6.27. The first-order valence-corrected chi connectivity index (χ1v) is 7.88. The van der Waals surface area contributed by atoms with E-state index in [1.807, 2.05) is 30.3 Å². The van der Waals surface area contributed by atoms with Crippen LogP contribution in [0.3, 0.4) is 0 Å². The first kappa shape index (κ1) is 15.6. The van der Waals surface area contributed by atoms with Crippen LogP contribution in [0.25, 0.3) is 11.4 Å². The molecule has 1 aromatic heterocycles. The second kappa shape index (κ2) is 6.76. The Morgan fingerprint density at radius 2 is 1.95 bits per heavy atom. The van der Waals surface area contributed by atoms with Crippen LogP contribution in [0.15, 0.2) is 35.5 Å². The highest BCUT2D eigenvalue weighted by molar-refractivity contribution is 8.00. The van der Waals surface area contributed by atoms with Crippen LogP contribution in [0, 0.1) is 0 Å². The minimum Gasteiger partial charge on any atom is -0.369 e. The van der Waals surface area contributed by atoms with Gasteiger partial charge in [-0.1, -0.05) is 49.0 Å². The van der Waals surface area contributed by atoms with E-state index in [9.17, 15) is 4.79 Å². The Hall–Kier alpha value is -1.82. The summed E-state index contributed by atoms with van der Waals surface area (Å²) in [5, 5.41) is 8.96. The minimum atomic E-state index is -0.347. The van der Waals surface area contributed by atoms with E-state index in [4.69, 9.17) is 5.73 Å². The molecule has 2 aromatic rings. The fourth-order valence-corrected chi connectivity index (χ4v) is 2.84. The molecule has 5 nitrogen and oxygen atoms in total. The molecular weight excluding hydrogens is 284 g/mol. The van der Waals surface area contributed by atoms with Crippen LogP contribution in [0.4, 0.5) is 0 Å². The highest BCUT2D eigenvalue weighted by Crippen LogP contribution is 2.30. The lowest BCUT2D eigenvalue weighted by Gasteiger charge is -2.17. The molecule has 2 atom stereocenters. The highest BCUT2D eigenvalue weighted by atomic mass is 32.2. The fourth-order valence-electron chi connectivity index (χ4n) is 1.94. The molecule has 0 spiro atoms. The molecule has 21 heavy (non-hydrogen) atoms. The van der Waals surface area contributed by atoms with Gasteiger partial charge in [-0.3, -0.25) is 9.36 Å². The molecule has 0 aliphatic carbocycles. The third kappa shape index (κ3) is 3.44. The van der Waals surface area contributed by atoms with Gasteiger partial charge < -0.3 is 5.73 Å². The molecule has 0 radical (unpaired) electrons. The summed E-state index contributed by atoms with van der Waals surface area (Å²) in [7, 11) is 0. The average Bonchev–Trinajstić information content (AvgIpc) is 2.90. The van der Waals surface area contributed by atoms with E-state index in [-0.39, 0.29) is 17.2 Å². The second-order valence-electron chi connectivity index (χ2n) is 4.96. The molecule has 2 rings (SSSR count). The largest absolute Gasteiger partial charge is 0.369 e. The van der Waals surface area contributed by atoms with Crippen molar-refractivity contribution in [3.8, 4) is 11.4 Å². The summed E-state index contributed by atoms with van der Waals surface area (Å²) >= 11 is 1.35. The average molecular weight is 304 g/mol. The van der Waals surface area contributed by atoms with E-state index in [2.05, 4.69) is 28.6 Å². The van der Waals surface area contributed by atoms with Gasteiger partial charge >= 0.3 is 0 Å². The van der Waals surface area contributed by atoms with Crippen molar-refractivity contribution in [1.82, 2.24) is 14.8 Å². The first-order valence-electron chi connectivity index (χ1n) is 7.00. The molecule has 0 aliphatic rings. The van der Waals surface area contributed by atoms with Crippen LogP contribution in [0.2, 0.25) is 0 Å². The van der Waals surface area contributed by atoms with E-state index >= 15 is 0 Å². The van der Waals surface area contributed by atoms with Gasteiger partial charge in [-0.15, -0.1) is 10.2 Å². The molecule has 2 unspecified atom stereocenters. The number of rotatable bonds is 6. The number of nitrogens with zero attached hydrogens (tertiary/aromatic N) is 3. The molecule has 0 saturated carbocycles. The lowest BCUT2D eigenvalue weighted by molar-refractivity contribution is -0.117. The molecular formula is C15H20N4OS. The maximum Gasteiger partial charge on any atom is 0.230 e. The van der Waals surface area contributed by atoms with Gasteiger partial charge in [0.25, 0.3) is 0 Å². The number of benzene rings is 1. The smallest absolute Gasteiger partial charge is 0.230 e. The molecule has 0 bridgehead atoms. The monoisotopic (exact) mass is 304 g/mol. The SMILES string of the molecule is CCC(C)n1c(SC(C)C(N)=O)nnc1-c1ccccc1. The first-order chi connectivity index (χ1) is 10.0. The van der Waals surface area contributed by atoms with Gasteiger partial charge in [-0.2, -0.15) is 0 Å². The van der Waals surface area contributed by atoms with E-state index in [0.717, 1.165) is 23.0 Å². The zero-order valence-corrected chi connectivity index (χ0v) is 13.3. The fraction of sp³-hybridized carbons (Fsp3) is 0.400. The molecule has 0 aliphatic heterocycles. The van der Waals surface area contributed by atoms with Crippen LogP contribution < -0.4 is 5.73 Å². The number of amides is 1. The van der Waals surface area contributed by atoms with Gasteiger partial charge in [-0.05, 0) is 20.3 Å². The number of thioether (sulfide) groups is 1. The Balaban J connectivity index is 2.43. The third-order valence-electron chi connectivity index (χ3n) is 3.41. The summed E-state index contributed by atoms with van der Waals surface area (Å²) in [6, 6.07) is 10.2. The van der Waals surface area contributed by atoms with Gasteiger partial charge in [0.1, 0.15) is 0 Å². The lowest BCUT2D eigenvalue weighted by atomic mass is 10.2. The van der Waals surface area contributed by atoms with Crippen molar-refractivity contribution in [3.05, 3.63) is 30.3 Å². The number of nitrogens with two attached hydrogens (primary N) is 1. The highest BCUT2D eigenvalue weighted by Gasteiger charge is 2.21. The molecule has 112 valence electrons. The Morgan fingerprint density at radius 1 is 1.29 bits per heavy atom. The topological polar surface area (TPSA) is 73.8 Å². The molecule has 1 aromatic carbocycles. The van der Waals surface area contributed by atoms with Crippen LogP contribution in [0.1, 0.15) is 33.2 Å². The van der Waals surface area contributed by atoms with Gasteiger partial charge in [0.15, 0.2) is 11.0 Å². The summed E-state index contributed by atoms with van der Waals surface area (Å²) in [6.45, 7) is 6.02. The summed E-state index contributed by atoms with van der Waals surface area (Å²) in [4.78, 5) is 11.3. The quantitative estimate of drug-likeness (QED) is 0.833. The van der Waals surface area contributed by atoms with Crippen molar-refractivity contribution in [3.63, 3.8) is 0 Å². The van der Waals surface area contributed by atoms with Crippen LogP contribution >= 0.6 is 11.8 Å². The molecule has 0 saturated heterocycles. The summed E-state index contributed by atoms with van der Waals surface area (Å²) < 4.78 is 2.08. The number of primary amides is 1. The molecule has 2 N–H and O–H groups in total. The van der Waals surface area contributed by atoms with E-state index < -0.39 is 0 Å². The summed E-state index contributed by atoms with van der Waals surface area (Å²) in [5.74, 6) is 0.476. The van der Waals surface area contributed by atoms with Crippen LogP contribution in [-0.2, 0) is 4.79 Å². The molecule has 6 heteroatoms. The van der Waals surface area contributed by atoms with E-state index in [1.165, 1.54) is 11.8 Å². The van der Waals surface area contributed by atoms with Crippen molar-refractivity contribution in [2.75, 3.05) is 0 Å². The number of aromatic nitrogens is 3. The van der Waals surface area contributed by atoms with Crippen molar-refractivity contribution < 1.29 is 4.79 Å². The lowest BCUT2D eigenvalue weighted by Crippen LogP contribution is -2.23. The Labute approximate surface area is 128 Å². The Kier molecular flexibility index (Phi) is 5.01.